The zero-order valence-electron chi connectivity index (χ0n) is 16.1. The lowest BCUT2D eigenvalue weighted by molar-refractivity contribution is -0.115. The number of rotatable bonds is 8. The molecule has 1 unspecified atom stereocenters. The molecule has 2 aromatic heterocycles. The predicted molar refractivity (Wildman–Crippen MR) is 110 cm³/mol. The molecule has 0 aliphatic rings. The zero-order valence-corrected chi connectivity index (χ0v) is 16.9. The van der Waals surface area contributed by atoms with Crippen LogP contribution in [0.4, 0.5) is 5.69 Å². The lowest BCUT2D eigenvalue weighted by Crippen LogP contribution is -2.23. The number of anilines is 1. The maximum Gasteiger partial charge on any atom is 0.237 e. The maximum atomic E-state index is 12.6. The third kappa shape index (κ3) is 4.69. The summed E-state index contributed by atoms with van der Waals surface area (Å²) in [4.78, 5) is 16.6. The van der Waals surface area contributed by atoms with Crippen molar-refractivity contribution in [2.45, 2.75) is 37.2 Å². The van der Waals surface area contributed by atoms with Gasteiger partial charge < -0.3 is 14.6 Å². The van der Waals surface area contributed by atoms with E-state index in [2.05, 4.69) is 32.0 Å². The molecule has 28 heavy (non-hydrogen) atoms. The molecule has 0 aliphatic heterocycles. The van der Waals surface area contributed by atoms with Gasteiger partial charge in [-0.05, 0) is 49.7 Å². The van der Waals surface area contributed by atoms with E-state index >= 15 is 0 Å². The van der Waals surface area contributed by atoms with E-state index in [0.29, 0.717) is 0 Å². The number of hydrogen-bond acceptors (Lipinski definition) is 6. The Kier molecular flexibility index (Phi) is 6.65. The van der Waals surface area contributed by atoms with Gasteiger partial charge in [0.25, 0.3) is 0 Å². The summed E-state index contributed by atoms with van der Waals surface area (Å²) in [6.07, 6.45) is 4.41. The van der Waals surface area contributed by atoms with Crippen LogP contribution in [0.1, 0.15) is 20.3 Å². The van der Waals surface area contributed by atoms with Crippen molar-refractivity contribution in [1.29, 1.82) is 0 Å². The standard InChI is InChI=1S/C20H23N5O2S/c1-4-13-25-18(15-9-11-21-12-10-15)23-24-20(25)28-14(2)19(26)22-16-5-7-17(27-3)8-6-16/h5-12,14H,4,13H2,1-3H3,(H,22,26). The molecule has 1 aromatic carbocycles. The Labute approximate surface area is 168 Å². The van der Waals surface area contributed by atoms with Crippen LogP contribution < -0.4 is 10.1 Å². The van der Waals surface area contributed by atoms with Gasteiger partial charge in [0, 0.05) is 30.2 Å². The summed E-state index contributed by atoms with van der Waals surface area (Å²) >= 11 is 1.40. The van der Waals surface area contributed by atoms with Crippen molar-refractivity contribution in [3.05, 3.63) is 48.8 Å². The average molecular weight is 398 g/mol. The third-order valence-corrected chi connectivity index (χ3v) is 5.19. The van der Waals surface area contributed by atoms with Crippen LogP contribution in [0.5, 0.6) is 5.75 Å². The van der Waals surface area contributed by atoms with E-state index in [0.717, 1.165) is 40.9 Å². The summed E-state index contributed by atoms with van der Waals surface area (Å²) < 4.78 is 7.19. The van der Waals surface area contributed by atoms with E-state index in [-0.39, 0.29) is 11.2 Å². The Balaban J connectivity index is 1.73. The number of amides is 1. The lowest BCUT2D eigenvalue weighted by Gasteiger charge is -2.13. The molecule has 0 radical (unpaired) electrons. The highest BCUT2D eigenvalue weighted by atomic mass is 32.2. The summed E-state index contributed by atoms with van der Waals surface area (Å²) in [5.41, 5.74) is 1.68. The highest BCUT2D eigenvalue weighted by Crippen LogP contribution is 2.27. The number of nitrogens with zero attached hydrogens (tertiary/aromatic N) is 4. The Morgan fingerprint density at radius 3 is 2.54 bits per heavy atom. The van der Waals surface area contributed by atoms with Gasteiger partial charge in [0.15, 0.2) is 11.0 Å². The molecule has 0 spiro atoms. The first kappa shape index (κ1) is 19.9. The molecule has 3 rings (SSSR count). The van der Waals surface area contributed by atoms with Crippen LogP contribution >= 0.6 is 11.8 Å². The van der Waals surface area contributed by atoms with Gasteiger partial charge in [-0.15, -0.1) is 10.2 Å². The van der Waals surface area contributed by atoms with Crippen molar-refractivity contribution in [1.82, 2.24) is 19.7 Å². The molecule has 0 aliphatic carbocycles. The lowest BCUT2D eigenvalue weighted by atomic mass is 10.2. The number of thioether (sulfide) groups is 1. The molecule has 2 heterocycles. The summed E-state index contributed by atoms with van der Waals surface area (Å²) in [5.74, 6) is 1.44. The maximum absolute atomic E-state index is 12.6. The molecule has 0 saturated heterocycles. The summed E-state index contributed by atoms with van der Waals surface area (Å²) in [6.45, 7) is 4.74. The second-order valence-corrected chi connectivity index (χ2v) is 7.48. The summed E-state index contributed by atoms with van der Waals surface area (Å²) in [7, 11) is 1.61. The predicted octanol–water partition coefficient (Wildman–Crippen LogP) is 3.88. The Hall–Kier alpha value is -2.87. The number of carbonyl (C=O) groups is 1. The largest absolute Gasteiger partial charge is 0.497 e. The third-order valence-electron chi connectivity index (χ3n) is 4.11. The highest BCUT2D eigenvalue weighted by Gasteiger charge is 2.20. The number of nitrogens with one attached hydrogen (secondary N) is 1. The van der Waals surface area contributed by atoms with Crippen molar-refractivity contribution < 1.29 is 9.53 Å². The number of pyridine rings is 1. The molecule has 146 valence electrons. The quantitative estimate of drug-likeness (QED) is 0.581. The second kappa shape index (κ2) is 9.36. The first-order valence-corrected chi connectivity index (χ1v) is 9.95. The van der Waals surface area contributed by atoms with Gasteiger partial charge in [0.05, 0.1) is 12.4 Å². The fourth-order valence-corrected chi connectivity index (χ4v) is 3.52. The van der Waals surface area contributed by atoms with Crippen LogP contribution in [0.3, 0.4) is 0 Å². The summed E-state index contributed by atoms with van der Waals surface area (Å²) in [5, 5.41) is 12.0. The molecule has 1 amide bonds. The minimum atomic E-state index is -0.327. The van der Waals surface area contributed by atoms with Gasteiger partial charge in [0.1, 0.15) is 5.75 Å². The highest BCUT2D eigenvalue weighted by molar-refractivity contribution is 8.00. The van der Waals surface area contributed by atoms with E-state index in [1.807, 2.05) is 43.3 Å². The molecule has 7 nitrogen and oxygen atoms in total. The van der Waals surface area contributed by atoms with Crippen LogP contribution in [0.2, 0.25) is 0 Å². The number of benzene rings is 1. The monoisotopic (exact) mass is 397 g/mol. The molecule has 0 saturated carbocycles. The first-order chi connectivity index (χ1) is 13.6. The van der Waals surface area contributed by atoms with Crippen molar-refractivity contribution in [3.8, 4) is 17.1 Å². The van der Waals surface area contributed by atoms with Gasteiger partial charge in [-0.2, -0.15) is 0 Å². The molecule has 8 heteroatoms. The molecular weight excluding hydrogens is 374 g/mol. The molecule has 1 N–H and O–H groups in total. The van der Waals surface area contributed by atoms with Gasteiger partial charge in [0.2, 0.25) is 5.91 Å². The SMILES string of the molecule is CCCn1c(SC(C)C(=O)Nc2ccc(OC)cc2)nnc1-c1ccncc1. The molecule has 1 atom stereocenters. The molecule has 0 fully saturated rings. The van der Waals surface area contributed by atoms with Crippen molar-refractivity contribution in [2.24, 2.45) is 0 Å². The Morgan fingerprint density at radius 1 is 1.18 bits per heavy atom. The van der Waals surface area contributed by atoms with E-state index in [4.69, 9.17) is 4.74 Å². The number of hydrogen-bond donors (Lipinski definition) is 1. The molecular formula is C20H23N5O2S. The fourth-order valence-electron chi connectivity index (χ4n) is 2.65. The molecule has 3 aromatic rings. The normalized spacial score (nSPS) is 11.8. The smallest absolute Gasteiger partial charge is 0.237 e. The van der Waals surface area contributed by atoms with Gasteiger partial charge in [-0.25, -0.2) is 0 Å². The van der Waals surface area contributed by atoms with Crippen LogP contribution in [0.25, 0.3) is 11.4 Å². The van der Waals surface area contributed by atoms with Crippen molar-refractivity contribution in [3.63, 3.8) is 0 Å². The van der Waals surface area contributed by atoms with Gasteiger partial charge in [-0.1, -0.05) is 18.7 Å². The van der Waals surface area contributed by atoms with E-state index in [9.17, 15) is 4.79 Å². The first-order valence-electron chi connectivity index (χ1n) is 9.07. The zero-order chi connectivity index (χ0) is 19.9. The summed E-state index contributed by atoms with van der Waals surface area (Å²) in [6, 6.07) is 11.1. The van der Waals surface area contributed by atoms with Gasteiger partial charge in [-0.3, -0.25) is 9.78 Å². The van der Waals surface area contributed by atoms with Crippen LogP contribution in [0, 0.1) is 0 Å². The Morgan fingerprint density at radius 2 is 1.89 bits per heavy atom. The number of carbonyl (C=O) groups excluding carboxylic acids is 1. The minimum Gasteiger partial charge on any atom is -0.497 e. The van der Waals surface area contributed by atoms with Crippen LogP contribution in [0.15, 0.2) is 53.9 Å². The number of methoxy groups -OCH3 is 1. The minimum absolute atomic E-state index is 0.0910. The number of aromatic nitrogens is 4. The van der Waals surface area contributed by atoms with Crippen LogP contribution in [-0.4, -0.2) is 38.0 Å². The van der Waals surface area contributed by atoms with E-state index < -0.39 is 0 Å². The topological polar surface area (TPSA) is 81.9 Å². The average Bonchev–Trinajstić information content (AvgIpc) is 3.11. The Bertz CT molecular complexity index is 912. The number of ether oxygens (including phenoxy) is 1. The second-order valence-electron chi connectivity index (χ2n) is 6.17. The van der Waals surface area contributed by atoms with Crippen molar-refractivity contribution >= 4 is 23.4 Å². The molecule has 0 bridgehead atoms. The van der Waals surface area contributed by atoms with Crippen molar-refractivity contribution in [2.75, 3.05) is 12.4 Å². The van der Waals surface area contributed by atoms with Crippen LogP contribution in [-0.2, 0) is 11.3 Å². The van der Waals surface area contributed by atoms with E-state index in [1.54, 1.807) is 19.5 Å². The van der Waals surface area contributed by atoms with E-state index in [1.165, 1.54) is 11.8 Å². The van der Waals surface area contributed by atoms with Gasteiger partial charge >= 0.3 is 0 Å². The fraction of sp³-hybridized carbons (Fsp3) is 0.300.